The monoisotopic (exact) mass is 417 g/mol. The van der Waals surface area contributed by atoms with Crippen molar-refractivity contribution in [3.05, 3.63) is 47.5 Å². The molecule has 0 fully saturated rings. The molecule has 0 radical (unpaired) electrons. The third-order valence-corrected chi connectivity index (χ3v) is 5.63. The van der Waals surface area contributed by atoms with Crippen LogP contribution in [0, 0.1) is 0 Å². The van der Waals surface area contributed by atoms with E-state index in [-0.39, 0.29) is 11.0 Å². The molecule has 0 aliphatic carbocycles. The number of nitrogens with zero attached hydrogens (tertiary/aromatic N) is 1. The van der Waals surface area contributed by atoms with Gasteiger partial charge < -0.3 is 10.6 Å². The number of unbranched alkanes of at least 4 members (excludes halogenated alkanes) is 2. The number of thiazole rings is 1. The second kappa shape index (κ2) is 9.26. The van der Waals surface area contributed by atoms with Crippen molar-refractivity contribution in [2.75, 3.05) is 5.32 Å². The van der Waals surface area contributed by atoms with E-state index < -0.39 is 0 Å². The number of benzene rings is 2. The molecule has 3 aromatic rings. The molecule has 0 aliphatic rings. The number of halogens is 1. The highest BCUT2D eigenvalue weighted by molar-refractivity contribution is 7.80. The summed E-state index contributed by atoms with van der Waals surface area (Å²) < 4.78 is 1.13. The maximum absolute atomic E-state index is 11.9. The van der Waals surface area contributed by atoms with Crippen LogP contribution >= 0.6 is 35.2 Å². The van der Waals surface area contributed by atoms with Gasteiger partial charge in [-0.1, -0.05) is 49.6 Å². The van der Waals surface area contributed by atoms with Gasteiger partial charge in [0.1, 0.15) is 5.01 Å². The summed E-state index contributed by atoms with van der Waals surface area (Å²) in [6, 6.07) is 13.6. The number of hydrogen-bond donors (Lipinski definition) is 2. The normalized spacial score (nSPS) is 10.7. The van der Waals surface area contributed by atoms with Crippen LogP contribution in [-0.2, 0) is 4.79 Å². The predicted molar refractivity (Wildman–Crippen MR) is 119 cm³/mol. The van der Waals surface area contributed by atoms with Gasteiger partial charge in [-0.05, 0) is 42.9 Å². The molecular formula is C20H20ClN3OS2. The topological polar surface area (TPSA) is 54.0 Å². The number of fused-ring (bicyclic) bond motifs is 1. The number of carbonyl (C=O) groups excluding carboxylic acids is 1. The van der Waals surface area contributed by atoms with Gasteiger partial charge in [0, 0.05) is 12.0 Å². The highest BCUT2D eigenvalue weighted by atomic mass is 35.5. The van der Waals surface area contributed by atoms with E-state index in [1.165, 1.54) is 0 Å². The molecule has 140 valence electrons. The van der Waals surface area contributed by atoms with Crippen molar-refractivity contribution in [3.8, 4) is 10.6 Å². The summed E-state index contributed by atoms with van der Waals surface area (Å²) in [5.74, 6) is -0.0839. The Morgan fingerprint density at radius 1 is 1.22 bits per heavy atom. The largest absolute Gasteiger partial charge is 0.331 e. The summed E-state index contributed by atoms with van der Waals surface area (Å²) in [6.45, 7) is 2.10. The minimum Gasteiger partial charge on any atom is -0.331 e. The lowest BCUT2D eigenvalue weighted by atomic mass is 10.2. The number of aromatic nitrogens is 1. The number of anilines is 1. The molecule has 0 saturated heterocycles. The lowest BCUT2D eigenvalue weighted by molar-refractivity contribution is -0.119. The number of thiocarbonyl (C=S) groups is 1. The molecule has 0 spiro atoms. The van der Waals surface area contributed by atoms with Crippen molar-refractivity contribution in [1.82, 2.24) is 10.3 Å². The van der Waals surface area contributed by atoms with E-state index >= 15 is 0 Å². The van der Waals surface area contributed by atoms with E-state index in [2.05, 4.69) is 28.6 Å². The number of carbonyl (C=O) groups is 1. The van der Waals surface area contributed by atoms with Gasteiger partial charge in [0.15, 0.2) is 5.11 Å². The first-order chi connectivity index (χ1) is 13.1. The molecule has 0 unspecified atom stereocenters. The standard InChI is InChI=1S/C20H20ClN3OS2/c1-2-3-4-9-18(25)24-20(26)23-16-12-13(10-11-14(16)21)19-22-15-7-5-6-8-17(15)27-19/h5-8,10-12H,2-4,9H2,1H3,(H2,23,24,25,26). The zero-order valence-corrected chi connectivity index (χ0v) is 17.3. The van der Waals surface area contributed by atoms with E-state index in [1.807, 2.05) is 30.3 Å². The van der Waals surface area contributed by atoms with E-state index in [4.69, 9.17) is 23.8 Å². The maximum Gasteiger partial charge on any atom is 0.226 e. The number of rotatable bonds is 6. The van der Waals surface area contributed by atoms with Crippen molar-refractivity contribution < 1.29 is 4.79 Å². The van der Waals surface area contributed by atoms with Crippen molar-refractivity contribution in [2.45, 2.75) is 32.6 Å². The van der Waals surface area contributed by atoms with Crippen molar-refractivity contribution >= 4 is 62.1 Å². The Hall–Kier alpha value is -2.02. The SMILES string of the molecule is CCCCCC(=O)NC(=S)Nc1cc(-c2nc3ccccc3s2)ccc1Cl. The van der Waals surface area contributed by atoms with Crippen LogP contribution in [0.3, 0.4) is 0 Å². The molecule has 2 N–H and O–H groups in total. The Morgan fingerprint density at radius 3 is 2.81 bits per heavy atom. The quantitative estimate of drug-likeness (QED) is 0.381. The molecular weight excluding hydrogens is 398 g/mol. The molecule has 1 amide bonds. The summed E-state index contributed by atoms with van der Waals surface area (Å²) in [6.07, 6.45) is 3.43. The molecule has 3 rings (SSSR count). The third kappa shape index (κ3) is 5.25. The molecule has 1 aromatic heterocycles. The lowest BCUT2D eigenvalue weighted by Gasteiger charge is -2.12. The summed E-state index contributed by atoms with van der Waals surface area (Å²) >= 11 is 13.2. The molecule has 0 aliphatic heterocycles. The highest BCUT2D eigenvalue weighted by Crippen LogP contribution is 2.33. The van der Waals surface area contributed by atoms with Crippen LogP contribution in [0.4, 0.5) is 5.69 Å². The smallest absolute Gasteiger partial charge is 0.226 e. The van der Waals surface area contributed by atoms with Gasteiger partial charge in [-0.2, -0.15) is 0 Å². The van der Waals surface area contributed by atoms with Crippen LogP contribution < -0.4 is 10.6 Å². The molecule has 4 nitrogen and oxygen atoms in total. The van der Waals surface area contributed by atoms with E-state index in [1.54, 1.807) is 17.4 Å². The maximum atomic E-state index is 11.9. The Balaban J connectivity index is 1.71. The van der Waals surface area contributed by atoms with Crippen LogP contribution in [0.2, 0.25) is 5.02 Å². The average Bonchev–Trinajstić information content (AvgIpc) is 3.08. The van der Waals surface area contributed by atoms with Crippen molar-refractivity contribution in [2.24, 2.45) is 0 Å². The molecule has 7 heteroatoms. The van der Waals surface area contributed by atoms with Crippen LogP contribution in [0.5, 0.6) is 0 Å². The summed E-state index contributed by atoms with van der Waals surface area (Å²) in [4.78, 5) is 16.6. The first-order valence-corrected chi connectivity index (χ1v) is 10.4. The number of hydrogen-bond acceptors (Lipinski definition) is 4. The van der Waals surface area contributed by atoms with Crippen LogP contribution in [0.15, 0.2) is 42.5 Å². The number of para-hydroxylation sites is 1. The Bertz CT molecular complexity index is 938. The molecule has 27 heavy (non-hydrogen) atoms. The van der Waals surface area contributed by atoms with Crippen molar-refractivity contribution in [1.29, 1.82) is 0 Å². The van der Waals surface area contributed by atoms with Gasteiger partial charge in [-0.25, -0.2) is 4.98 Å². The van der Waals surface area contributed by atoms with Gasteiger partial charge in [-0.3, -0.25) is 4.79 Å². The summed E-state index contributed by atoms with van der Waals surface area (Å²) in [5, 5.41) is 7.41. The van der Waals surface area contributed by atoms with E-state index in [0.29, 0.717) is 17.1 Å². The first kappa shape index (κ1) is 19.7. The summed E-state index contributed by atoms with van der Waals surface area (Å²) in [7, 11) is 0. The lowest BCUT2D eigenvalue weighted by Crippen LogP contribution is -2.34. The number of nitrogens with one attached hydrogen (secondary N) is 2. The van der Waals surface area contributed by atoms with Gasteiger partial charge >= 0.3 is 0 Å². The molecule has 2 aromatic carbocycles. The van der Waals surface area contributed by atoms with Crippen molar-refractivity contribution in [3.63, 3.8) is 0 Å². The fraction of sp³-hybridized carbons (Fsp3) is 0.250. The minimum atomic E-state index is -0.0839. The number of amides is 1. The Labute approximate surface area is 173 Å². The fourth-order valence-electron chi connectivity index (χ4n) is 2.63. The zero-order chi connectivity index (χ0) is 19.2. The van der Waals surface area contributed by atoms with Crippen LogP contribution in [0.25, 0.3) is 20.8 Å². The van der Waals surface area contributed by atoms with Gasteiger partial charge in [0.2, 0.25) is 5.91 Å². The summed E-state index contributed by atoms with van der Waals surface area (Å²) in [5.41, 5.74) is 2.56. The van der Waals surface area contributed by atoms with Crippen LogP contribution in [0.1, 0.15) is 32.6 Å². The molecule has 1 heterocycles. The Kier molecular flexibility index (Phi) is 6.77. The zero-order valence-electron chi connectivity index (χ0n) is 14.9. The van der Waals surface area contributed by atoms with Gasteiger partial charge in [0.25, 0.3) is 0 Å². The average molecular weight is 418 g/mol. The molecule has 0 atom stereocenters. The molecule has 0 bridgehead atoms. The van der Waals surface area contributed by atoms with Gasteiger partial charge in [0.05, 0.1) is 20.9 Å². The second-order valence-electron chi connectivity index (χ2n) is 6.14. The molecule has 0 saturated carbocycles. The van der Waals surface area contributed by atoms with E-state index in [9.17, 15) is 4.79 Å². The third-order valence-electron chi connectivity index (χ3n) is 4.02. The predicted octanol–water partition coefficient (Wildman–Crippen LogP) is 6.01. The van der Waals surface area contributed by atoms with Crippen LogP contribution in [-0.4, -0.2) is 16.0 Å². The minimum absolute atomic E-state index is 0.0839. The van der Waals surface area contributed by atoms with Gasteiger partial charge in [-0.15, -0.1) is 11.3 Å². The Morgan fingerprint density at radius 2 is 2.04 bits per heavy atom. The van der Waals surface area contributed by atoms with E-state index in [0.717, 1.165) is 40.1 Å². The first-order valence-electron chi connectivity index (χ1n) is 8.83. The fourth-order valence-corrected chi connectivity index (χ4v) is 3.98. The highest BCUT2D eigenvalue weighted by Gasteiger charge is 2.11. The second-order valence-corrected chi connectivity index (χ2v) is 7.99.